The van der Waals surface area contributed by atoms with Crippen LogP contribution in [0.3, 0.4) is 0 Å². The van der Waals surface area contributed by atoms with E-state index in [4.69, 9.17) is 0 Å². The first-order valence-corrected chi connectivity index (χ1v) is 4.31. The first kappa shape index (κ1) is 9.93. The van der Waals surface area contributed by atoms with E-state index in [1.165, 1.54) is 6.07 Å². The number of rotatable bonds is 3. The second-order valence-electron chi connectivity index (χ2n) is 2.96. The van der Waals surface area contributed by atoms with Crippen molar-refractivity contribution in [3.8, 4) is 0 Å². The van der Waals surface area contributed by atoms with Crippen LogP contribution in [0, 0.1) is 12.7 Å². The van der Waals surface area contributed by atoms with Crippen molar-refractivity contribution in [2.75, 3.05) is 13.6 Å². The van der Waals surface area contributed by atoms with E-state index in [0.29, 0.717) is 0 Å². The van der Waals surface area contributed by atoms with Crippen molar-refractivity contribution in [3.05, 3.63) is 41.2 Å². The van der Waals surface area contributed by atoms with Gasteiger partial charge in [0.2, 0.25) is 0 Å². The van der Waals surface area contributed by atoms with Crippen molar-refractivity contribution in [2.45, 2.75) is 6.92 Å². The van der Waals surface area contributed by atoms with Gasteiger partial charge in [-0.3, -0.25) is 0 Å². The highest BCUT2D eigenvalue weighted by Crippen LogP contribution is 2.11. The van der Waals surface area contributed by atoms with Gasteiger partial charge in [0.15, 0.2) is 0 Å². The molecule has 13 heavy (non-hydrogen) atoms. The quantitative estimate of drug-likeness (QED) is 0.751. The summed E-state index contributed by atoms with van der Waals surface area (Å²) in [6.07, 6.45) is 3.90. The number of likely N-dealkylation sites (N-methyl/N-ethyl adjacent to an activating group) is 1. The molecule has 0 fully saturated rings. The molecule has 1 nitrogen and oxygen atoms in total. The fourth-order valence-electron chi connectivity index (χ4n) is 1.09. The van der Waals surface area contributed by atoms with Crippen LogP contribution >= 0.6 is 0 Å². The molecule has 2 heteroatoms. The zero-order valence-electron chi connectivity index (χ0n) is 7.97. The van der Waals surface area contributed by atoms with Crippen LogP contribution in [-0.2, 0) is 0 Å². The molecule has 0 amide bonds. The number of hydrogen-bond donors (Lipinski definition) is 1. The smallest absolute Gasteiger partial charge is 0.123 e. The Kier molecular flexibility index (Phi) is 3.65. The second-order valence-corrected chi connectivity index (χ2v) is 2.96. The van der Waals surface area contributed by atoms with Gasteiger partial charge in [0, 0.05) is 6.54 Å². The summed E-state index contributed by atoms with van der Waals surface area (Å²) >= 11 is 0. The summed E-state index contributed by atoms with van der Waals surface area (Å²) < 4.78 is 12.8. The van der Waals surface area contributed by atoms with Gasteiger partial charge in [-0.25, -0.2) is 4.39 Å². The van der Waals surface area contributed by atoms with E-state index in [2.05, 4.69) is 5.32 Å². The average Bonchev–Trinajstić information content (AvgIpc) is 2.11. The molecule has 0 saturated heterocycles. The molecule has 0 aliphatic carbocycles. The van der Waals surface area contributed by atoms with Crippen molar-refractivity contribution < 1.29 is 4.39 Å². The van der Waals surface area contributed by atoms with Crippen LogP contribution in [0.2, 0.25) is 0 Å². The van der Waals surface area contributed by atoms with Gasteiger partial charge >= 0.3 is 0 Å². The van der Waals surface area contributed by atoms with E-state index in [0.717, 1.165) is 17.7 Å². The number of halogens is 1. The molecule has 0 atom stereocenters. The minimum absolute atomic E-state index is 0.185. The van der Waals surface area contributed by atoms with E-state index in [1.54, 1.807) is 12.1 Å². The molecular weight excluding hydrogens is 165 g/mol. The fraction of sp³-hybridized carbons (Fsp3) is 0.273. The van der Waals surface area contributed by atoms with Gasteiger partial charge in [0.1, 0.15) is 5.82 Å². The van der Waals surface area contributed by atoms with E-state index in [9.17, 15) is 4.39 Å². The Morgan fingerprint density at radius 2 is 2.23 bits per heavy atom. The molecule has 0 heterocycles. The minimum atomic E-state index is -0.185. The van der Waals surface area contributed by atoms with Gasteiger partial charge in [0.05, 0.1) is 0 Å². The Balaban J connectivity index is 2.81. The monoisotopic (exact) mass is 179 g/mol. The maximum Gasteiger partial charge on any atom is 0.123 e. The first-order chi connectivity index (χ1) is 6.24. The summed E-state index contributed by atoms with van der Waals surface area (Å²) in [5.74, 6) is -0.185. The molecule has 70 valence electrons. The highest BCUT2D eigenvalue weighted by Gasteiger charge is 1.95. The molecule has 0 bridgehead atoms. The van der Waals surface area contributed by atoms with Crippen molar-refractivity contribution in [2.24, 2.45) is 0 Å². The maximum absolute atomic E-state index is 12.8. The largest absolute Gasteiger partial charge is 0.316 e. The highest BCUT2D eigenvalue weighted by atomic mass is 19.1. The molecule has 0 aliphatic heterocycles. The molecule has 0 unspecified atom stereocenters. The molecule has 0 radical (unpaired) electrons. The molecule has 1 rings (SSSR count). The molecule has 0 aromatic heterocycles. The predicted molar refractivity (Wildman–Crippen MR) is 54.1 cm³/mol. The van der Waals surface area contributed by atoms with Gasteiger partial charge < -0.3 is 5.32 Å². The van der Waals surface area contributed by atoms with Crippen LogP contribution in [0.1, 0.15) is 11.1 Å². The lowest BCUT2D eigenvalue weighted by Gasteiger charge is -1.99. The van der Waals surface area contributed by atoms with Gasteiger partial charge in [-0.1, -0.05) is 18.2 Å². The summed E-state index contributed by atoms with van der Waals surface area (Å²) in [6.45, 7) is 2.77. The van der Waals surface area contributed by atoms with Gasteiger partial charge in [-0.2, -0.15) is 0 Å². The number of aryl methyl sites for hydroxylation is 1. The minimum Gasteiger partial charge on any atom is -0.316 e. The third-order valence-electron chi connectivity index (χ3n) is 1.86. The maximum atomic E-state index is 12.8. The number of hydrogen-bond acceptors (Lipinski definition) is 1. The Morgan fingerprint density at radius 1 is 1.46 bits per heavy atom. The number of benzene rings is 1. The average molecular weight is 179 g/mol. The zero-order chi connectivity index (χ0) is 9.68. The summed E-state index contributed by atoms with van der Waals surface area (Å²) in [5.41, 5.74) is 2.03. The molecule has 0 saturated carbocycles. The van der Waals surface area contributed by atoms with Crippen LogP contribution in [0.15, 0.2) is 24.3 Å². The van der Waals surface area contributed by atoms with Crippen LogP contribution in [-0.4, -0.2) is 13.6 Å². The number of nitrogens with one attached hydrogen (secondary N) is 1. The third-order valence-corrected chi connectivity index (χ3v) is 1.86. The normalized spacial score (nSPS) is 11.0. The van der Waals surface area contributed by atoms with Crippen LogP contribution in [0.5, 0.6) is 0 Å². The Bertz CT molecular complexity index is 305. The van der Waals surface area contributed by atoms with Crippen molar-refractivity contribution in [3.63, 3.8) is 0 Å². The summed E-state index contributed by atoms with van der Waals surface area (Å²) in [5, 5.41) is 2.99. The van der Waals surface area contributed by atoms with Crippen LogP contribution < -0.4 is 5.32 Å². The summed E-state index contributed by atoms with van der Waals surface area (Å²) in [6, 6.07) is 4.81. The molecule has 1 aromatic carbocycles. The first-order valence-electron chi connectivity index (χ1n) is 4.31. The lowest BCUT2D eigenvalue weighted by Crippen LogP contribution is -2.03. The van der Waals surface area contributed by atoms with E-state index < -0.39 is 0 Å². The van der Waals surface area contributed by atoms with Crippen LogP contribution in [0.25, 0.3) is 6.08 Å². The Morgan fingerprint density at radius 3 is 2.92 bits per heavy atom. The zero-order valence-corrected chi connectivity index (χ0v) is 7.97. The topological polar surface area (TPSA) is 12.0 Å². The van der Waals surface area contributed by atoms with Crippen molar-refractivity contribution in [1.82, 2.24) is 5.32 Å². The Hall–Kier alpha value is -1.15. The molecular formula is C11H14FN. The van der Waals surface area contributed by atoms with E-state index in [-0.39, 0.29) is 5.82 Å². The van der Waals surface area contributed by atoms with Crippen molar-refractivity contribution in [1.29, 1.82) is 0 Å². The fourth-order valence-corrected chi connectivity index (χ4v) is 1.09. The van der Waals surface area contributed by atoms with E-state index >= 15 is 0 Å². The molecule has 1 aromatic rings. The van der Waals surface area contributed by atoms with Gasteiger partial charge in [-0.05, 0) is 37.2 Å². The molecule has 0 spiro atoms. The summed E-state index contributed by atoms with van der Waals surface area (Å²) in [7, 11) is 1.88. The van der Waals surface area contributed by atoms with Crippen molar-refractivity contribution >= 4 is 6.08 Å². The predicted octanol–water partition coefficient (Wildman–Crippen LogP) is 2.37. The molecule has 0 aliphatic rings. The SMILES string of the molecule is CNCC=Cc1cc(F)ccc1C. The third kappa shape index (κ3) is 2.99. The Labute approximate surface area is 78.3 Å². The van der Waals surface area contributed by atoms with E-state index in [1.807, 2.05) is 26.1 Å². The lowest BCUT2D eigenvalue weighted by atomic mass is 10.1. The lowest BCUT2D eigenvalue weighted by molar-refractivity contribution is 0.627. The second kappa shape index (κ2) is 4.77. The van der Waals surface area contributed by atoms with Gasteiger partial charge in [-0.15, -0.1) is 0 Å². The molecule has 1 N–H and O–H groups in total. The highest BCUT2D eigenvalue weighted by molar-refractivity contribution is 5.53. The summed E-state index contributed by atoms with van der Waals surface area (Å²) in [4.78, 5) is 0. The standard InChI is InChI=1S/C11H14FN/c1-9-5-6-11(12)8-10(9)4-3-7-13-2/h3-6,8,13H,7H2,1-2H3. The van der Waals surface area contributed by atoms with Crippen LogP contribution in [0.4, 0.5) is 4.39 Å². The van der Waals surface area contributed by atoms with Gasteiger partial charge in [0.25, 0.3) is 0 Å².